The Kier molecular flexibility index (Phi) is 5.55. The van der Waals surface area contributed by atoms with Crippen molar-refractivity contribution >= 4 is 21.8 Å². The Morgan fingerprint density at radius 3 is 2.75 bits per heavy atom. The average Bonchev–Trinajstić information content (AvgIpc) is 2.70. The first kappa shape index (κ1) is 13.3. The molecule has 1 aromatic heterocycles. The van der Waals surface area contributed by atoms with Crippen molar-refractivity contribution in [1.82, 2.24) is 4.90 Å². The van der Waals surface area contributed by atoms with Gasteiger partial charge in [0.1, 0.15) is 0 Å². The van der Waals surface area contributed by atoms with E-state index in [2.05, 4.69) is 15.9 Å². The highest BCUT2D eigenvalue weighted by molar-refractivity contribution is 9.10. The first-order chi connectivity index (χ1) is 7.65. The third-order valence-corrected chi connectivity index (χ3v) is 2.71. The minimum atomic E-state index is -0.116. The first-order valence-corrected chi connectivity index (χ1v) is 6.06. The molecule has 0 saturated carbocycles. The summed E-state index contributed by atoms with van der Waals surface area (Å²) in [6, 6.07) is 3.35. The molecule has 4 nitrogen and oxygen atoms in total. The van der Waals surface area contributed by atoms with Gasteiger partial charge in [0.25, 0.3) is 5.91 Å². The van der Waals surface area contributed by atoms with Gasteiger partial charge in [0, 0.05) is 20.2 Å². The number of unbranched alkanes of at least 4 members (excludes halogenated alkanes) is 2. The molecule has 0 atom stereocenters. The molecule has 1 N–H and O–H groups in total. The van der Waals surface area contributed by atoms with Gasteiger partial charge in [0.15, 0.2) is 10.4 Å². The van der Waals surface area contributed by atoms with Gasteiger partial charge in [-0.05, 0) is 47.3 Å². The van der Waals surface area contributed by atoms with Gasteiger partial charge in [0.2, 0.25) is 0 Å². The number of amides is 1. The number of carbonyl (C=O) groups is 1. The predicted octanol–water partition coefficient (Wildman–Crippen LogP) is 2.28. The number of carbonyl (C=O) groups excluding carboxylic acids is 1. The van der Waals surface area contributed by atoms with Crippen molar-refractivity contribution in [2.45, 2.75) is 19.3 Å². The van der Waals surface area contributed by atoms with Crippen LogP contribution in [0.25, 0.3) is 0 Å². The fraction of sp³-hybridized carbons (Fsp3) is 0.545. The fourth-order valence-corrected chi connectivity index (χ4v) is 1.66. The van der Waals surface area contributed by atoms with Crippen LogP contribution in [0.4, 0.5) is 0 Å². The molecule has 0 fully saturated rings. The molecule has 0 aromatic carbocycles. The molecule has 0 unspecified atom stereocenters. The molecule has 0 radical (unpaired) electrons. The number of nitrogens with zero attached hydrogens (tertiary/aromatic N) is 1. The smallest absolute Gasteiger partial charge is 0.289 e. The quantitative estimate of drug-likeness (QED) is 0.818. The lowest BCUT2D eigenvalue weighted by Gasteiger charge is -2.15. The lowest BCUT2D eigenvalue weighted by atomic mass is 10.2. The van der Waals surface area contributed by atoms with Crippen molar-refractivity contribution in [1.29, 1.82) is 0 Å². The summed E-state index contributed by atoms with van der Waals surface area (Å²) in [5.74, 6) is 0.228. The highest BCUT2D eigenvalue weighted by Gasteiger charge is 2.14. The lowest BCUT2D eigenvalue weighted by Crippen LogP contribution is -2.27. The number of aliphatic hydroxyl groups excluding tert-OH is 1. The summed E-state index contributed by atoms with van der Waals surface area (Å²) >= 11 is 3.16. The van der Waals surface area contributed by atoms with Crippen LogP contribution in [-0.4, -0.2) is 36.1 Å². The summed E-state index contributed by atoms with van der Waals surface area (Å²) in [7, 11) is 1.75. The molecular formula is C11H16BrNO3. The Morgan fingerprint density at radius 1 is 1.44 bits per heavy atom. The zero-order chi connectivity index (χ0) is 12.0. The summed E-state index contributed by atoms with van der Waals surface area (Å²) in [5.41, 5.74) is 0. The van der Waals surface area contributed by atoms with Gasteiger partial charge in [-0.3, -0.25) is 4.79 Å². The van der Waals surface area contributed by atoms with Crippen LogP contribution >= 0.6 is 15.9 Å². The topological polar surface area (TPSA) is 53.7 Å². The molecule has 0 aliphatic carbocycles. The molecule has 0 aliphatic heterocycles. The molecule has 1 amide bonds. The molecule has 1 heterocycles. The van der Waals surface area contributed by atoms with E-state index in [0.717, 1.165) is 19.3 Å². The molecule has 0 spiro atoms. The van der Waals surface area contributed by atoms with Crippen LogP contribution < -0.4 is 0 Å². The van der Waals surface area contributed by atoms with Gasteiger partial charge < -0.3 is 14.4 Å². The minimum absolute atomic E-state index is 0.116. The van der Waals surface area contributed by atoms with E-state index in [1.165, 1.54) is 0 Å². The molecule has 0 bridgehead atoms. The van der Waals surface area contributed by atoms with Gasteiger partial charge >= 0.3 is 0 Å². The van der Waals surface area contributed by atoms with E-state index in [9.17, 15) is 4.79 Å². The van der Waals surface area contributed by atoms with Gasteiger partial charge in [0.05, 0.1) is 0 Å². The van der Waals surface area contributed by atoms with Crippen LogP contribution in [0.5, 0.6) is 0 Å². The van der Waals surface area contributed by atoms with E-state index in [0.29, 0.717) is 17.0 Å². The van der Waals surface area contributed by atoms with E-state index in [1.54, 1.807) is 24.1 Å². The second-order valence-corrected chi connectivity index (χ2v) is 4.40. The third kappa shape index (κ3) is 3.98. The van der Waals surface area contributed by atoms with Gasteiger partial charge in [-0.25, -0.2) is 0 Å². The Bertz CT molecular complexity index is 338. The average molecular weight is 290 g/mol. The van der Waals surface area contributed by atoms with Crippen molar-refractivity contribution < 1.29 is 14.3 Å². The number of rotatable bonds is 6. The van der Waals surface area contributed by atoms with Crippen LogP contribution in [-0.2, 0) is 0 Å². The zero-order valence-corrected chi connectivity index (χ0v) is 10.9. The molecule has 16 heavy (non-hydrogen) atoms. The summed E-state index contributed by atoms with van der Waals surface area (Å²) in [6.07, 6.45) is 2.61. The largest absolute Gasteiger partial charge is 0.444 e. The number of furan rings is 1. The summed E-state index contributed by atoms with van der Waals surface area (Å²) in [6.45, 7) is 0.889. The van der Waals surface area contributed by atoms with Crippen molar-refractivity contribution in [2.24, 2.45) is 0 Å². The standard InChI is InChI=1S/C11H16BrNO3/c1-13(7-3-2-4-8-14)11(15)9-5-6-10(12)16-9/h5-6,14H,2-4,7-8H2,1H3. The monoisotopic (exact) mass is 289 g/mol. The van der Waals surface area contributed by atoms with Crippen molar-refractivity contribution in [3.8, 4) is 0 Å². The summed E-state index contributed by atoms with van der Waals surface area (Å²) in [5, 5.41) is 8.62. The van der Waals surface area contributed by atoms with Gasteiger partial charge in [-0.15, -0.1) is 0 Å². The highest BCUT2D eigenvalue weighted by atomic mass is 79.9. The fourth-order valence-electron chi connectivity index (χ4n) is 1.36. The first-order valence-electron chi connectivity index (χ1n) is 5.27. The van der Waals surface area contributed by atoms with Crippen LogP contribution in [0, 0.1) is 0 Å². The molecule has 1 aromatic rings. The van der Waals surface area contributed by atoms with Crippen LogP contribution in [0.3, 0.4) is 0 Å². The number of aliphatic hydroxyl groups is 1. The molecular weight excluding hydrogens is 274 g/mol. The van der Waals surface area contributed by atoms with Crippen molar-refractivity contribution in [2.75, 3.05) is 20.2 Å². The number of hydrogen-bond donors (Lipinski definition) is 1. The number of halogens is 1. The van der Waals surface area contributed by atoms with E-state index < -0.39 is 0 Å². The van der Waals surface area contributed by atoms with Crippen molar-refractivity contribution in [3.05, 3.63) is 22.6 Å². The van der Waals surface area contributed by atoms with E-state index in [-0.39, 0.29) is 12.5 Å². The molecule has 5 heteroatoms. The molecule has 90 valence electrons. The highest BCUT2D eigenvalue weighted by Crippen LogP contribution is 2.15. The Labute approximate surface area is 103 Å². The van der Waals surface area contributed by atoms with Crippen LogP contribution in [0.2, 0.25) is 0 Å². The van der Waals surface area contributed by atoms with Crippen molar-refractivity contribution in [3.63, 3.8) is 0 Å². The zero-order valence-electron chi connectivity index (χ0n) is 9.28. The van der Waals surface area contributed by atoms with E-state index in [4.69, 9.17) is 9.52 Å². The summed E-state index contributed by atoms with van der Waals surface area (Å²) in [4.78, 5) is 13.4. The number of hydrogen-bond acceptors (Lipinski definition) is 3. The molecule has 1 rings (SSSR count). The van der Waals surface area contributed by atoms with Crippen LogP contribution in [0.1, 0.15) is 29.8 Å². The second-order valence-electron chi connectivity index (χ2n) is 3.61. The predicted molar refractivity (Wildman–Crippen MR) is 64.3 cm³/mol. The Morgan fingerprint density at radius 2 is 2.19 bits per heavy atom. The Hall–Kier alpha value is -0.810. The minimum Gasteiger partial charge on any atom is -0.444 e. The lowest BCUT2D eigenvalue weighted by molar-refractivity contribution is 0.0759. The SMILES string of the molecule is CN(CCCCCO)C(=O)c1ccc(Br)o1. The Balaban J connectivity index is 2.36. The maximum atomic E-state index is 11.8. The van der Waals surface area contributed by atoms with E-state index in [1.807, 2.05) is 0 Å². The maximum absolute atomic E-state index is 11.8. The summed E-state index contributed by atoms with van der Waals surface area (Å²) < 4.78 is 5.74. The van der Waals surface area contributed by atoms with Crippen LogP contribution in [0.15, 0.2) is 21.2 Å². The van der Waals surface area contributed by atoms with Gasteiger partial charge in [-0.2, -0.15) is 0 Å². The van der Waals surface area contributed by atoms with E-state index >= 15 is 0 Å². The normalized spacial score (nSPS) is 10.4. The second kappa shape index (κ2) is 6.70. The maximum Gasteiger partial charge on any atom is 0.289 e. The van der Waals surface area contributed by atoms with Gasteiger partial charge in [-0.1, -0.05) is 0 Å². The molecule has 0 saturated heterocycles. The molecule has 0 aliphatic rings. The third-order valence-electron chi connectivity index (χ3n) is 2.28.